The number of nitrogens with zero attached hydrogens (tertiary/aromatic N) is 4. The molecule has 0 N–H and O–H groups in total. The van der Waals surface area contributed by atoms with Crippen molar-refractivity contribution >= 4 is 40.1 Å². The summed E-state index contributed by atoms with van der Waals surface area (Å²) in [5, 5.41) is 0. The van der Waals surface area contributed by atoms with E-state index in [4.69, 9.17) is 0 Å². The quantitative estimate of drug-likeness (QED) is 0.449. The van der Waals surface area contributed by atoms with Crippen molar-refractivity contribution in [2.45, 2.75) is 64.2 Å². The van der Waals surface area contributed by atoms with Crippen molar-refractivity contribution in [3.63, 3.8) is 0 Å². The highest BCUT2D eigenvalue weighted by Gasteiger charge is 2.22. The molecule has 0 bridgehead atoms. The van der Waals surface area contributed by atoms with Gasteiger partial charge >= 0.3 is 0 Å². The van der Waals surface area contributed by atoms with Crippen molar-refractivity contribution in [1.82, 2.24) is 17.2 Å². The molecule has 0 aromatic rings. The van der Waals surface area contributed by atoms with Gasteiger partial charge in [0.05, 0.1) is 25.0 Å². The van der Waals surface area contributed by atoms with Gasteiger partial charge in [-0.2, -0.15) is 0 Å². The molecule has 4 saturated heterocycles. The molecule has 228 valence electrons. The third kappa shape index (κ3) is 14.9. The standard InChI is InChI=1S/C7H15NO2S.C6H13NO2S.C5H11NO2S.C4H9NO2S/c1-11(9,10)8-6-4-2-3-5-7-8;1-10(8,9)7-5-3-2-4-6-7;1-9(7,8)6-4-2-3-5-6;1-8(6,7)5-3-2-4-5/h2-7H2,1H3;2-6H2,1H3;2-5H2,1H3;2-4H2,1H3. The molecule has 12 nitrogen and oxygen atoms in total. The Morgan fingerprint density at radius 2 is 0.447 bits per heavy atom. The second-order valence-electron chi connectivity index (χ2n) is 10.2. The maximum absolute atomic E-state index is 11.1. The number of piperidine rings is 1. The largest absolute Gasteiger partial charge is 0.213 e. The first-order valence-electron chi connectivity index (χ1n) is 13.2. The maximum atomic E-state index is 11.1. The molecule has 0 aliphatic carbocycles. The number of sulfonamides is 4. The van der Waals surface area contributed by atoms with Gasteiger partial charge in [-0.15, -0.1) is 0 Å². The summed E-state index contributed by atoms with van der Waals surface area (Å²) in [4.78, 5) is 0. The zero-order valence-electron chi connectivity index (χ0n) is 23.4. The van der Waals surface area contributed by atoms with E-state index in [1.807, 2.05) is 0 Å². The van der Waals surface area contributed by atoms with E-state index in [2.05, 4.69) is 0 Å². The molecule has 38 heavy (non-hydrogen) atoms. The summed E-state index contributed by atoms with van der Waals surface area (Å²) in [5.41, 5.74) is 0. The Bertz CT molecular complexity index is 1100. The van der Waals surface area contributed by atoms with Crippen LogP contribution in [0.5, 0.6) is 0 Å². The molecule has 4 rings (SSSR count). The SMILES string of the molecule is CS(=O)(=O)N1CCC1.CS(=O)(=O)N1CCCC1.CS(=O)(=O)N1CCCCC1.CS(=O)(=O)N1CCCCCC1. The first kappa shape index (κ1) is 35.7. The van der Waals surface area contributed by atoms with Crippen molar-refractivity contribution in [2.24, 2.45) is 0 Å². The Labute approximate surface area is 231 Å². The van der Waals surface area contributed by atoms with Crippen LogP contribution in [0, 0.1) is 0 Å². The monoisotopic (exact) mass is 624 g/mol. The predicted molar refractivity (Wildman–Crippen MR) is 152 cm³/mol. The summed E-state index contributed by atoms with van der Waals surface area (Å²) in [6, 6.07) is 0. The molecule has 16 heteroatoms. The van der Waals surface area contributed by atoms with E-state index in [0.717, 1.165) is 97.3 Å². The number of hydrogen-bond donors (Lipinski definition) is 0. The summed E-state index contributed by atoms with van der Waals surface area (Å²) < 4.78 is 92.7. The lowest BCUT2D eigenvalue weighted by molar-refractivity contribution is 0.312. The fourth-order valence-electron chi connectivity index (χ4n) is 4.21. The molecule has 0 atom stereocenters. The molecule has 0 radical (unpaired) electrons. The minimum Gasteiger partial charge on any atom is -0.213 e. The van der Waals surface area contributed by atoms with Gasteiger partial charge < -0.3 is 0 Å². The van der Waals surface area contributed by atoms with E-state index in [1.54, 1.807) is 8.61 Å². The van der Waals surface area contributed by atoms with Crippen LogP contribution in [0.3, 0.4) is 0 Å². The van der Waals surface area contributed by atoms with E-state index < -0.39 is 40.1 Å². The summed E-state index contributed by atoms with van der Waals surface area (Å²) in [6.07, 6.45) is 15.7. The lowest BCUT2D eigenvalue weighted by atomic mass is 10.2. The van der Waals surface area contributed by atoms with E-state index in [-0.39, 0.29) is 0 Å². The number of hydrogen-bond acceptors (Lipinski definition) is 8. The Morgan fingerprint density at radius 1 is 0.289 bits per heavy atom. The van der Waals surface area contributed by atoms with Crippen molar-refractivity contribution in [3.05, 3.63) is 0 Å². The predicted octanol–water partition coefficient (Wildman–Crippen LogP) is 0.947. The van der Waals surface area contributed by atoms with Crippen molar-refractivity contribution in [2.75, 3.05) is 77.4 Å². The molecule has 0 unspecified atom stereocenters. The summed E-state index contributed by atoms with van der Waals surface area (Å²) in [5.74, 6) is 0. The molecule has 0 spiro atoms. The van der Waals surface area contributed by atoms with Crippen LogP contribution in [-0.2, 0) is 40.1 Å². The molecular formula is C22H48N4O8S4. The van der Waals surface area contributed by atoms with Crippen LogP contribution < -0.4 is 0 Å². The van der Waals surface area contributed by atoms with Gasteiger partial charge in [-0.1, -0.05) is 19.3 Å². The van der Waals surface area contributed by atoms with Crippen LogP contribution >= 0.6 is 0 Å². The van der Waals surface area contributed by atoms with Crippen LogP contribution in [0.2, 0.25) is 0 Å². The maximum Gasteiger partial charge on any atom is 0.211 e. The summed E-state index contributed by atoms with van der Waals surface area (Å²) >= 11 is 0. The van der Waals surface area contributed by atoms with Gasteiger partial charge in [0.2, 0.25) is 40.1 Å². The third-order valence-corrected chi connectivity index (χ3v) is 11.8. The van der Waals surface area contributed by atoms with Crippen LogP contribution in [0.4, 0.5) is 0 Å². The highest BCUT2D eigenvalue weighted by atomic mass is 32.2. The normalized spacial score (nSPS) is 22.8. The second kappa shape index (κ2) is 16.2. The van der Waals surface area contributed by atoms with Gasteiger partial charge in [0.15, 0.2) is 0 Å². The minimum absolute atomic E-state index is 0.721. The van der Waals surface area contributed by atoms with Crippen LogP contribution in [0.15, 0.2) is 0 Å². The molecule has 4 fully saturated rings. The average Bonchev–Trinajstić information content (AvgIpc) is 3.15. The van der Waals surface area contributed by atoms with Crippen LogP contribution in [-0.4, -0.2) is 128 Å². The summed E-state index contributed by atoms with van der Waals surface area (Å²) in [7, 11) is -11.5. The van der Waals surface area contributed by atoms with Crippen molar-refractivity contribution in [1.29, 1.82) is 0 Å². The summed E-state index contributed by atoms with van der Waals surface area (Å²) in [6.45, 7) is 5.77. The number of rotatable bonds is 4. The first-order chi connectivity index (χ1) is 17.4. The Balaban J connectivity index is 0.000000255. The lowest BCUT2D eigenvalue weighted by Gasteiger charge is -2.27. The fraction of sp³-hybridized carbons (Fsp3) is 1.00. The van der Waals surface area contributed by atoms with Crippen LogP contribution in [0.25, 0.3) is 0 Å². The average molecular weight is 625 g/mol. The van der Waals surface area contributed by atoms with Crippen molar-refractivity contribution < 1.29 is 33.7 Å². The smallest absolute Gasteiger partial charge is 0.211 e. The van der Waals surface area contributed by atoms with E-state index in [1.165, 1.54) is 52.9 Å². The lowest BCUT2D eigenvalue weighted by Crippen LogP contribution is -2.41. The molecule has 4 heterocycles. The Hall–Kier alpha value is -0.360. The Kier molecular flexibility index (Phi) is 15.2. The molecule has 0 aromatic carbocycles. The molecule has 0 amide bonds. The molecule has 0 aromatic heterocycles. The van der Waals surface area contributed by atoms with Gasteiger partial charge in [0.25, 0.3) is 0 Å². The first-order valence-corrected chi connectivity index (χ1v) is 20.6. The van der Waals surface area contributed by atoms with Crippen LogP contribution in [0.1, 0.15) is 64.2 Å². The zero-order valence-corrected chi connectivity index (χ0v) is 26.7. The van der Waals surface area contributed by atoms with Gasteiger partial charge in [0.1, 0.15) is 0 Å². The molecule has 0 saturated carbocycles. The van der Waals surface area contributed by atoms with Gasteiger partial charge in [-0.3, -0.25) is 0 Å². The topological polar surface area (TPSA) is 150 Å². The third-order valence-electron chi connectivity index (χ3n) is 6.64. The van der Waals surface area contributed by atoms with Gasteiger partial charge in [-0.25, -0.2) is 50.9 Å². The fourth-order valence-corrected chi connectivity index (χ4v) is 7.89. The highest BCUT2D eigenvalue weighted by molar-refractivity contribution is 7.89. The zero-order chi connectivity index (χ0) is 29.0. The minimum atomic E-state index is -2.92. The van der Waals surface area contributed by atoms with Gasteiger partial charge in [0, 0.05) is 52.4 Å². The van der Waals surface area contributed by atoms with E-state index in [9.17, 15) is 33.7 Å². The highest BCUT2D eigenvalue weighted by Crippen LogP contribution is 2.13. The molecular weight excluding hydrogens is 577 g/mol. The van der Waals surface area contributed by atoms with Crippen molar-refractivity contribution in [3.8, 4) is 0 Å². The van der Waals surface area contributed by atoms with E-state index >= 15 is 0 Å². The van der Waals surface area contributed by atoms with Gasteiger partial charge in [-0.05, 0) is 44.9 Å². The van der Waals surface area contributed by atoms with E-state index in [0.29, 0.717) is 0 Å². The Morgan fingerprint density at radius 3 is 0.605 bits per heavy atom. The molecule has 4 aliphatic heterocycles. The molecule has 4 aliphatic rings. The second-order valence-corrected chi connectivity index (χ2v) is 18.1.